The van der Waals surface area contributed by atoms with Crippen LogP contribution in [0.25, 0.3) is 0 Å². The molecule has 10 nitrogen and oxygen atoms in total. The standard InChI is InChI=1S/C25H24F5N5O5S2/c26-16-3-1-2-14(15(16)12-42(37,38)39)21-9-17(33-40-21)19-11-41-25(31-19)13-4-6-34(7-5-13)22(36)10-35-20(24(29)30)8-18(32-35)23(27)28/h1-3,8,11,13,21,23-24H,4-7,9-10,12H2,(H,37,38,39). The van der Waals surface area contributed by atoms with Crippen LogP contribution >= 0.6 is 11.3 Å². The maximum atomic E-state index is 14.4. The number of aromatic nitrogens is 3. The fourth-order valence-corrected chi connectivity index (χ4v) is 6.65. The molecule has 1 N–H and O–H groups in total. The third-order valence-corrected chi connectivity index (χ3v) is 8.73. The Bertz CT molecular complexity index is 1600. The Hall–Kier alpha value is -3.44. The van der Waals surface area contributed by atoms with Crippen molar-refractivity contribution in [1.82, 2.24) is 19.7 Å². The summed E-state index contributed by atoms with van der Waals surface area (Å²) in [7, 11) is -4.49. The Morgan fingerprint density at radius 2 is 1.90 bits per heavy atom. The number of hydrogen-bond donors (Lipinski definition) is 1. The Morgan fingerprint density at radius 3 is 2.57 bits per heavy atom. The second-order valence-corrected chi connectivity index (χ2v) is 12.2. The lowest BCUT2D eigenvalue weighted by molar-refractivity contribution is -0.133. The highest BCUT2D eigenvalue weighted by atomic mass is 32.2. The van der Waals surface area contributed by atoms with Gasteiger partial charge < -0.3 is 9.74 Å². The molecule has 0 bridgehead atoms. The largest absolute Gasteiger partial charge is 0.387 e. The van der Waals surface area contributed by atoms with Gasteiger partial charge in [-0.05, 0) is 25.0 Å². The molecule has 1 fully saturated rings. The van der Waals surface area contributed by atoms with E-state index in [4.69, 9.17) is 4.84 Å². The number of nitrogens with zero attached hydrogens (tertiary/aromatic N) is 5. The zero-order chi connectivity index (χ0) is 30.2. The van der Waals surface area contributed by atoms with E-state index in [9.17, 15) is 39.7 Å². The van der Waals surface area contributed by atoms with Crippen molar-refractivity contribution in [2.45, 2.75) is 56.4 Å². The number of thiazole rings is 1. The Balaban J connectivity index is 1.19. The molecule has 1 aromatic carbocycles. The number of halogens is 5. The quantitative estimate of drug-likeness (QED) is 0.259. The first-order valence-electron chi connectivity index (χ1n) is 12.7. The SMILES string of the molecule is O=C(Cn1nc(C(F)F)cc1C(F)F)N1CCC(c2nc(C3=NOC(c4cccc(F)c4CS(=O)(=O)O)C3)cs2)CC1. The minimum Gasteiger partial charge on any atom is -0.387 e. The van der Waals surface area contributed by atoms with Crippen molar-refractivity contribution in [1.29, 1.82) is 0 Å². The van der Waals surface area contributed by atoms with Crippen LogP contribution in [0.1, 0.15) is 77.4 Å². The number of hydrogen-bond acceptors (Lipinski definition) is 8. The zero-order valence-corrected chi connectivity index (χ0v) is 23.3. The van der Waals surface area contributed by atoms with Crippen molar-refractivity contribution in [3.05, 3.63) is 68.7 Å². The molecule has 0 radical (unpaired) electrons. The molecule has 1 unspecified atom stereocenters. The molecule has 3 aromatic rings. The normalized spacial score (nSPS) is 18.1. The van der Waals surface area contributed by atoms with E-state index < -0.39 is 64.5 Å². The van der Waals surface area contributed by atoms with Gasteiger partial charge in [-0.3, -0.25) is 14.0 Å². The average molecular weight is 634 g/mol. The van der Waals surface area contributed by atoms with Crippen LogP contribution in [0.15, 0.2) is 34.8 Å². The Kier molecular flexibility index (Phi) is 8.61. The number of oxime groups is 1. The smallest absolute Gasteiger partial charge is 0.282 e. The van der Waals surface area contributed by atoms with E-state index in [0.717, 1.165) is 11.1 Å². The number of amides is 1. The first kappa shape index (κ1) is 30.0. The summed E-state index contributed by atoms with van der Waals surface area (Å²) in [6.07, 6.45) is -5.59. The van der Waals surface area contributed by atoms with Crippen molar-refractivity contribution < 1.29 is 44.6 Å². The highest BCUT2D eigenvalue weighted by molar-refractivity contribution is 7.85. The molecular weight excluding hydrogens is 609 g/mol. The number of piperidine rings is 1. The van der Waals surface area contributed by atoms with Crippen molar-refractivity contribution in [3.63, 3.8) is 0 Å². The lowest BCUT2D eigenvalue weighted by Crippen LogP contribution is -2.40. The average Bonchev–Trinajstić information content (AvgIpc) is 3.69. The first-order chi connectivity index (χ1) is 19.9. The van der Waals surface area contributed by atoms with E-state index in [2.05, 4.69) is 15.2 Å². The van der Waals surface area contributed by atoms with Gasteiger partial charge in [0.05, 0.1) is 10.7 Å². The predicted octanol–water partition coefficient (Wildman–Crippen LogP) is 5.01. The summed E-state index contributed by atoms with van der Waals surface area (Å²) in [6, 6.07) is 4.61. The third-order valence-electron chi connectivity index (χ3n) is 7.07. The predicted molar refractivity (Wildman–Crippen MR) is 139 cm³/mol. The van der Waals surface area contributed by atoms with Crippen molar-refractivity contribution in [3.8, 4) is 0 Å². The van der Waals surface area contributed by atoms with Crippen LogP contribution in [-0.2, 0) is 32.0 Å². The number of alkyl halides is 4. The summed E-state index contributed by atoms with van der Waals surface area (Å²) in [5.41, 5.74) is -0.480. The number of rotatable bonds is 9. The molecule has 4 heterocycles. The third kappa shape index (κ3) is 6.62. The summed E-state index contributed by atoms with van der Waals surface area (Å²) in [6.45, 7) is 0.0536. The summed E-state index contributed by atoms with van der Waals surface area (Å²) in [5, 5.41) is 10.1. The molecule has 17 heteroatoms. The van der Waals surface area contributed by atoms with E-state index in [1.807, 2.05) is 0 Å². The lowest BCUT2D eigenvalue weighted by atomic mass is 9.97. The monoisotopic (exact) mass is 633 g/mol. The van der Waals surface area contributed by atoms with Crippen LogP contribution in [-0.4, -0.2) is 57.3 Å². The molecule has 1 atom stereocenters. The summed E-state index contributed by atoms with van der Waals surface area (Å²) < 4.78 is 99.4. The van der Waals surface area contributed by atoms with Crippen LogP contribution in [0.2, 0.25) is 0 Å². The molecule has 0 aliphatic carbocycles. The first-order valence-corrected chi connectivity index (χ1v) is 15.2. The second kappa shape index (κ2) is 12.0. The zero-order valence-electron chi connectivity index (χ0n) is 21.7. The van der Waals surface area contributed by atoms with E-state index >= 15 is 0 Å². The Morgan fingerprint density at radius 1 is 1.17 bits per heavy atom. The topological polar surface area (TPSA) is 127 Å². The van der Waals surface area contributed by atoms with Gasteiger partial charge in [-0.2, -0.15) is 13.5 Å². The summed E-state index contributed by atoms with van der Waals surface area (Å²) >= 11 is 1.38. The van der Waals surface area contributed by atoms with E-state index in [-0.39, 0.29) is 23.5 Å². The van der Waals surface area contributed by atoms with Gasteiger partial charge in [-0.1, -0.05) is 17.3 Å². The molecule has 1 saturated heterocycles. The van der Waals surface area contributed by atoms with Crippen LogP contribution in [0.5, 0.6) is 0 Å². The van der Waals surface area contributed by atoms with Gasteiger partial charge in [-0.25, -0.2) is 26.9 Å². The molecule has 42 heavy (non-hydrogen) atoms. The summed E-state index contributed by atoms with van der Waals surface area (Å²) in [4.78, 5) is 24.3. The van der Waals surface area contributed by atoms with Gasteiger partial charge in [0, 0.05) is 41.9 Å². The number of carbonyl (C=O) groups excluding carboxylic acids is 1. The lowest BCUT2D eigenvalue weighted by Gasteiger charge is -2.31. The second-order valence-electron chi connectivity index (χ2n) is 9.85. The Labute approximate surface area is 240 Å². The van der Waals surface area contributed by atoms with Crippen LogP contribution in [0.3, 0.4) is 0 Å². The maximum Gasteiger partial charge on any atom is 0.282 e. The fourth-order valence-electron chi connectivity index (χ4n) is 4.98. The molecule has 0 saturated carbocycles. The number of likely N-dealkylation sites (tertiary alicyclic amines) is 1. The van der Waals surface area contributed by atoms with E-state index in [1.54, 1.807) is 5.38 Å². The van der Waals surface area contributed by atoms with Gasteiger partial charge in [0.25, 0.3) is 23.0 Å². The van der Waals surface area contributed by atoms with E-state index in [1.165, 1.54) is 28.4 Å². The van der Waals surface area contributed by atoms with Gasteiger partial charge in [0.1, 0.15) is 35.2 Å². The molecule has 5 rings (SSSR count). The number of carbonyl (C=O) groups is 1. The van der Waals surface area contributed by atoms with Crippen LogP contribution in [0, 0.1) is 5.82 Å². The molecule has 2 aromatic heterocycles. The number of benzene rings is 1. The van der Waals surface area contributed by atoms with Crippen LogP contribution in [0.4, 0.5) is 22.0 Å². The van der Waals surface area contributed by atoms with Gasteiger partial charge >= 0.3 is 0 Å². The molecule has 226 valence electrons. The van der Waals surface area contributed by atoms with Crippen molar-refractivity contribution in [2.75, 3.05) is 13.1 Å². The van der Waals surface area contributed by atoms with Crippen LogP contribution < -0.4 is 0 Å². The van der Waals surface area contributed by atoms with Crippen molar-refractivity contribution >= 4 is 33.1 Å². The van der Waals surface area contributed by atoms with Gasteiger partial charge in [0.2, 0.25) is 5.91 Å². The molecule has 2 aliphatic rings. The van der Waals surface area contributed by atoms with Crippen molar-refractivity contribution in [2.24, 2.45) is 5.16 Å². The molecule has 0 spiro atoms. The van der Waals surface area contributed by atoms with Gasteiger partial charge in [0.15, 0.2) is 6.10 Å². The molecule has 2 aliphatic heterocycles. The van der Waals surface area contributed by atoms with Gasteiger partial charge in [-0.15, -0.1) is 11.3 Å². The molecular formula is C25H24F5N5O5S2. The minimum absolute atomic E-state index is 0.00265. The molecule has 1 amide bonds. The maximum absolute atomic E-state index is 14.4. The summed E-state index contributed by atoms with van der Waals surface area (Å²) in [5.74, 6) is -2.20. The van der Waals surface area contributed by atoms with E-state index in [0.29, 0.717) is 48.1 Å². The fraction of sp³-hybridized carbons (Fsp3) is 0.440. The minimum atomic E-state index is -4.49. The highest BCUT2D eigenvalue weighted by Crippen LogP contribution is 2.36. The highest BCUT2D eigenvalue weighted by Gasteiger charge is 2.32.